The molecule has 0 saturated heterocycles. The van der Waals surface area contributed by atoms with Crippen LogP contribution in [-0.4, -0.2) is 22.6 Å². The van der Waals surface area contributed by atoms with Gasteiger partial charge in [-0.3, -0.25) is 14.2 Å². The van der Waals surface area contributed by atoms with Crippen molar-refractivity contribution in [1.29, 1.82) is 0 Å². The van der Waals surface area contributed by atoms with Crippen LogP contribution in [0.25, 0.3) is 21.7 Å². The lowest BCUT2D eigenvalue weighted by atomic mass is 10.1. The van der Waals surface area contributed by atoms with E-state index >= 15 is 0 Å². The number of methoxy groups -OCH3 is 1. The molecule has 0 spiro atoms. The number of fused-ring (bicyclic) bond motifs is 2. The Hall–Kier alpha value is -3.67. The molecule has 0 unspecified atom stereocenters. The second-order valence-corrected chi connectivity index (χ2v) is 7.17. The highest BCUT2D eigenvalue weighted by Crippen LogP contribution is 2.22. The number of hydrogen-bond donors (Lipinski definition) is 0. The molecular weight excluding hydrogens is 380 g/mol. The zero-order valence-electron chi connectivity index (χ0n) is 16.9. The average molecular weight is 402 g/mol. The Labute approximate surface area is 173 Å². The van der Waals surface area contributed by atoms with Crippen molar-refractivity contribution in [2.24, 2.45) is 0 Å². The first-order valence-corrected chi connectivity index (χ1v) is 9.72. The summed E-state index contributed by atoms with van der Waals surface area (Å²) in [6.45, 7) is 2.33. The van der Waals surface area contributed by atoms with Crippen LogP contribution in [0.2, 0.25) is 0 Å². The standard InChI is InChI=1S/C24H22N2O4/c1-16-4-3-5-21-23(16)25-15-26(24(21)28)11-10-22(27)30-14-17-6-7-19-13-20(29-2)9-8-18(19)12-17/h3-9,12-13,15H,10-11,14H2,1-2H3. The van der Waals surface area contributed by atoms with Crippen LogP contribution in [0.3, 0.4) is 0 Å². The molecule has 0 aliphatic carbocycles. The minimum absolute atomic E-state index is 0.101. The van der Waals surface area contributed by atoms with Gasteiger partial charge in [-0.05, 0) is 53.1 Å². The van der Waals surface area contributed by atoms with E-state index in [-0.39, 0.29) is 31.1 Å². The molecular formula is C24H22N2O4. The van der Waals surface area contributed by atoms with E-state index in [1.54, 1.807) is 13.2 Å². The Morgan fingerprint density at radius 1 is 1.07 bits per heavy atom. The second kappa shape index (κ2) is 8.37. The molecule has 152 valence electrons. The van der Waals surface area contributed by atoms with Gasteiger partial charge in [0, 0.05) is 6.54 Å². The lowest BCUT2D eigenvalue weighted by molar-refractivity contribution is -0.145. The van der Waals surface area contributed by atoms with E-state index in [2.05, 4.69) is 4.98 Å². The molecule has 30 heavy (non-hydrogen) atoms. The van der Waals surface area contributed by atoms with Gasteiger partial charge >= 0.3 is 5.97 Å². The number of rotatable bonds is 6. The fourth-order valence-electron chi connectivity index (χ4n) is 3.43. The minimum atomic E-state index is -0.360. The SMILES string of the molecule is COc1ccc2cc(COC(=O)CCn3cnc4c(C)cccc4c3=O)ccc2c1. The first-order valence-electron chi connectivity index (χ1n) is 9.72. The molecule has 6 heteroatoms. The largest absolute Gasteiger partial charge is 0.497 e. The van der Waals surface area contributed by atoms with Gasteiger partial charge in [-0.15, -0.1) is 0 Å². The summed E-state index contributed by atoms with van der Waals surface area (Å²) in [6, 6.07) is 17.2. The number of nitrogens with zero attached hydrogens (tertiary/aromatic N) is 2. The van der Waals surface area contributed by atoms with Gasteiger partial charge in [-0.25, -0.2) is 4.98 Å². The van der Waals surface area contributed by atoms with Crippen LogP contribution in [0.4, 0.5) is 0 Å². The zero-order chi connectivity index (χ0) is 21.1. The molecule has 0 aliphatic rings. The number of hydrogen-bond acceptors (Lipinski definition) is 5. The van der Waals surface area contributed by atoms with Crippen molar-refractivity contribution in [2.75, 3.05) is 7.11 Å². The van der Waals surface area contributed by atoms with Crippen molar-refractivity contribution in [3.63, 3.8) is 0 Å². The Bertz CT molecular complexity index is 1290. The summed E-state index contributed by atoms with van der Waals surface area (Å²) < 4.78 is 12.1. The van der Waals surface area contributed by atoms with Crippen LogP contribution >= 0.6 is 0 Å². The topological polar surface area (TPSA) is 70.4 Å². The van der Waals surface area contributed by atoms with Gasteiger partial charge in [0.25, 0.3) is 5.56 Å². The maximum Gasteiger partial charge on any atom is 0.307 e. The lowest BCUT2D eigenvalue weighted by Crippen LogP contribution is -2.22. The van der Waals surface area contributed by atoms with E-state index in [0.29, 0.717) is 10.9 Å². The Balaban J connectivity index is 1.38. The van der Waals surface area contributed by atoms with E-state index in [1.807, 2.05) is 55.5 Å². The molecule has 0 bridgehead atoms. The van der Waals surface area contributed by atoms with Crippen molar-refractivity contribution in [2.45, 2.75) is 26.5 Å². The molecule has 0 N–H and O–H groups in total. The normalized spacial score (nSPS) is 11.0. The number of benzene rings is 3. The van der Waals surface area contributed by atoms with E-state index < -0.39 is 0 Å². The highest BCUT2D eigenvalue weighted by atomic mass is 16.5. The summed E-state index contributed by atoms with van der Waals surface area (Å²) in [5, 5.41) is 2.66. The van der Waals surface area contributed by atoms with Gasteiger partial charge in [0.1, 0.15) is 12.4 Å². The Kier molecular flexibility index (Phi) is 5.48. The molecule has 0 fully saturated rings. The first kappa shape index (κ1) is 19.6. The summed E-state index contributed by atoms with van der Waals surface area (Å²) in [6.07, 6.45) is 1.59. The van der Waals surface area contributed by atoms with E-state index in [9.17, 15) is 9.59 Å². The van der Waals surface area contributed by atoms with Gasteiger partial charge in [0.2, 0.25) is 0 Å². The summed E-state index contributed by atoms with van der Waals surface area (Å²) in [7, 11) is 1.64. The maximum atomic E-state index is 12.6. The molecule has 1 aromatic heterocycles. The quantitative estimate of drug-likeness (QED) is 0.456. The monoisotopic (exact) mass is 402 g/mol. The predicted molar refractivity (Wildman–Crippen MR) is 116 cm³/mol. The molecule has 0 saturated carbocycles. The highest BCUT2D eigenvalue weighted by Gasteiger charge is 2.09. The third-order valence-corrected chi connectivity index (χ3v) is 5.12. The van der Waals surface area contributed by atoms with Crippen LogP contribution in [0, 0.1) is 6.92 Å². The first-order chi connectivity index (χ1) is 14.5. The van der Waals surface area contributed by atoms with Crippen LogP contribution in [0.1, 0.15) is 17.5 Å². The van der Waals surface area contributed by atoms with E-state index in [0.717, 1.165) is 27.6 Å². The van der Waals surface area contributed by atoms with Crippen molar-refractivity contribution < 1.29 is 14.3 Å². The third kappa shape index (κ3) is 4.03. The van der Waals surface area contributed by atoms with Gasteiger partial charge in [-0.2, -0.15) is 0 Å². The minimum Gasteiger partial charge on any atom is -0.497 e. The fourth-order valence-corrected chi connectivity index (χ4v) is 3.43. The third-order valence-electron chi connectivity index (χ3n) is 5.12. The summed E-state index contributed by atoms with van der Waals surface area (Å²) >= 11 is 0. The van der Waals surface area contributed by atoms with E-state index in [1.165, 1.54) is 10.9 Å². The molecule has 6 nitrogen and oxygen atoms in total. The predicted octanol–water partition coefficient (Wildman–Crippen LogP) is 4.00. The lowest BCUT2D eigenvalue weighted by Gasteiger charge is -2.09. The second-order valence-electron chi connectivity index (χ2n) is 7.17. The number of aromatic nitrogens is 2. The molecule has 1 heterocycles. The van der Waals surface area contributed by atoms with Gasteiger partial charge in [0.05, 0.1) is 30.8 Å². The Morgan fingerprint density at radius 3 is 2.70 bits per heavy atom. The number of aryl methyl sites for hydroxylation is 2. The molecule has 0 amide bonds. The maximum absolute atomic E-state index is 12.6. The number of ether oxygens (including phenoxy) is 2. The van der Waals surface area contributed by atoms with Crippen LogP contribution in [0.15, 0.2) is 65.7 Å². The molecule has 4 aromatic rings. The van der Waals surface area contributed by atoms with Crippen molar-refractivity contribution in [1.82, 2.24) is 9.55 Å². The smallest absolute Gasteiger partial charge is 0.307 e. The van der Waals surface area contributed by atoms with Gasteiger partial charge in [-0.1, -0.05) is 30.3 Å². The number of esters is 1. The molecule has 3 aromatic carbocycles. The van der Waals surface area contributed by atoms with Crippen molar-refractivity contribution >= 4 is 27.6 Å². The number of carbonyl (C=O) groups is 1. The summed E-state index contributed by atoms with van der Waals surface area (Å²) in [5.41, 5.74) is 2.39. The molecule has 0 aliphatic heterocycles. The molecule has 0 radical (unpaired) electrons. The van der Waals surface area contributed by atoms with E-state index in [4.69, 9.17) is 9.47 Å². The van der Waals surface area contributed by atoms with Crippen molar-refractivity contribution in [3.8, 4) is 5.75 Å². The van der Waals surface area contributed by atoms with Crippen molar-refractivity contribution in [3.05, 3.63) is 82.4 Å². The zero-order valence-corrected chi connectivity index (χ0v) is 16.9. The fraction of sp³-hybridized carbons (Fsp3) is 0.208. The van der Waals surface area contributed by atoms with Gasteiger partial charge < -0.3 is 9.47 Å². The van der Waals surface area contributed by atoms with Crippen LogP contribution < -0.4 is 10.3 Å². The van der Waals surface area contributed by atoms with Gasteiger partial charge in [0.15, 0.2) is 0 Å². The number of para-hydroxylation sites is 1. The highest BCUT2D eigenvalue weighted by molar-refractivity contribution is 5.84. The Morgan fingerprint density at radius 2 is 1.87 bits per heavy atom. The number of carbonyl (C=O) groups excluding carboxylic acids is 1. The molecule has 0 atom stereocenters. The summed E-state index contributed by atoms with van der Waals surface area (Å²) in [5.74, 6) is 0.441. The van der Waals surface area contributed by atoms with Crippen LogP contribution in [-0.2, 0) is 22.7 Å². The average Bonchev–Trinajstić information content (AvgIpc) is 2.77. The molecule has 4 rings (SSSR count). The summed E-state index contributed by atoms with van der Waals surface area (Å²) in [4.78, 5) is 29.2. The van der Waals surface area contributed by atoms with Crippen LogP contribution in [0.5, 0.6) is 5.75 Å².